The van der Waals surface area contributed by atoms with E-state index in [0.29, 0.717) is 32.5 Å². The van der Waals surface area contributed by atoms with Crippen molar-refractivity contribution in [3.05, 3.63) is 29.8 Å². The molecule has 1 saturated heterocycles. The maximum absolute atomic E-state index is 11.1. The second kappa shape index (κ2) is 5.08. The molecule has 1 aromatic carbocycles. The van der Waals surface area contributed by atoms with Gasteiger partial charge in [0.15, 0.2) is 0 Å². The summed E-state index contributed by atoms with van der Waals surface area (Å²) in [6, 6.07) is 10.1. The molecule has 0 aromatic heterocycles. The number of fused-ring (bicyclic) bond motifs is 1. The van der Waals surface area contributed by atoms with Crippen molar-refractivity contribution in [2.24, 2.45) is 5.41 Å². The van der Waals surface area contributed by atoms with Gasteiger partial charge in [0.05, 0.1) is 11.7 Å². The van der Waals surface area contributed by atoms with Crippen LogP contribution in [-0.2, 0) is 11.2 Å². The summed E-state index contributed by atoms with van der Waals surface area (Å²) < 4.78 is 11.2. The minimum absolute atomic E-state index is 0.247. The van der Waals surface area contributed by atoms with E-state index < -0.39 is 11.0 Å². The molecule has 1 fully saturated rings. The van der Waals surface area contributed by atoms with Crippen LogP contribution in [0.1, 0.15) is 24.8 Å². The minimum atomic E-state index is -1.04. The van der Waals surface area contributed by atoms with E-state index in [2.05, 4.69) is 6.07 Å². The SMILES string of the molecule is N#CC1(C2(O)CCCOCC2)COc2ccccc2C1. The minimum Gasteiger partial charge on any atom is -0.492 e. The Bertz CT molecular complexity index is 529. The molecular formula is C16H19NO3. The fourth-order valence-corrected chi connectivity index (χ4v) is 3.26. The van der Waals surface area contributed by atoms with Gasteiger partial charge < -0.3 is 14.6 Å². The molecule has 20 heavy (non-hydrogen) atoms. The number of hydrogen-bond acceptors (Lipinski definition) is 4. The van der Waals surface area contributed by atoms with Crippen LogP contribution in [0.25, 0.3) is 0 Å². The lowest BCUT2D eigenvalue weighted by atomic mass is 9.65. The Hall–Kier alpha value is -1.57. The van der Waals surface area contributed by atoms with Crippen LogP contribution < -0.4 is 4.74 Å². The van der Waals surface area contributed by atoms with Gasteiger partial charge in [0.2, 0.25) is 0 Å². The fourth-order valence-electron chi connectivity index (χ4n) is 3.26. The Kier molecular flexibility index (Phi) is 3.41. The van der Waals surface area contributed by atoms with Gasteiger partial charge in [-0.05, 0) is 24.5 Å². The molecule has 0 bridgehead atoms. The largest absolute Gasteiger partial charge is 0.492 e. The first-order valence-electron chi connectivity index (χ1n) is 7.11. The van der Waals surface area contributed by atoms with Gasteiger partial charge in [-0.15, -0.1) is 0 Å². The smallest absolute Gasteiger partial charge is 0.124 e. The zero-order valence-electron chi connectivity index (χ0n) is 11.5. The second-order valence-corrected chi connectivity index (χ2v) is 5.76. The normalized spacial score (nSPS) is 33.4. The van der Waals surface area contributed by atoms with Gasteiger partial charge in [0.1, 0.15) is 17.8 Å². The number of para-hydroxylation sites is 1. The van der Waals surface area contributed by atoms with Crippen molar-refractivity contribution in [2.45, 2.75) is 31.3 Å². The molecule has 1 aromatic rings. The summed E-state index contributed by atoms with van der Waals surface area (Å²) in [4.78, 5) is 0. The van der Waals surface area contributed by atoms with E-state index >= 15 is 0 Å². The molecule has 2 aliphatic rings. The highest BCUT2D eigenvalue weighted by Crippen LogP contribution is 2.45. The second-order valence-electron chi connectivity index (χ2n) is 5.76. The van der Waals surface area contributed by atoms with E-state index in [4.69, 9.17) is 9.47 Å². The highest BCUT2D eigenvalue weighted by Gasteiger charge is 2.53. The van der Waals surface area contributed by atoms with Crippen LogP contribution in [0.5, 0.6) is 5.75 Å². The van der Waals surface area contributed by atoms with Gasteiger partial charge in [0, 0.05) is 26.1 Å². The molecule has 0 spiro atoms. The maximum atomic E-state index is 11.1. The van der Waals surface area contributed by atoms with E-state index in [0.717, 1.165) is 17.7 Å². The number of nitriles is 1. The highest BCUT2D eigenvalue weighted by atomic mass is 16.5. The van der Waals surface area contributed by atoms with Crippen LogP contribution in [0.2, 0.25) is 0 Å². The maximum Gasteiger partial charge on any atom is 0.124 e. The number of ether oxygens (including phenoxy) is 2. The summed E-state index contributed by atoms with van der Waals surface area (Å²) in [7, 11) is 0. The zero-order valence-corrected chi connectivity index (χ0v) is 11.5. The summed E-state index contributed by atoms with van der Waals surface area (Å²) in [5, 5.41) is 20.8. The molecule has 2 unspecified atom stereocenters. The van der Waals surface area contributed by atoms with Crippen molar-refractivity contribution in [3.63, 3.8) is 0 Å². The third-order valence-corrected chi connectivity index (χ3v) is 4.58. The first kappa shape index (κ1) is 13.4. The van der Waals surface area contributed by atoms with Crippen molar-refractivity contribution < 1.29 is 14.6 Å². The summed E-state index contributed by atoms with van der Waals surface area (Å²) in [6.07, 6.45) is 2.40. The van der Waals surface area contributed by atoms with E-state index in [1.165, 1.54) is 0 Å². The van der Waals surface area contributed by atoms with Crippen molar-refractivity contribution in [3.8, 4) is 11.8 Å². The predicted molar refractivity (Wildman–Crippen MR) is 73.3 cm³/mol. The third-order valence-electron chi connectivity index (χ3n) is 4.58. The molecule has 0 aliphatic carbocycles. The Balaban J connectivity index is 1.95. The van der Waals surface area contributed by atoms with Crippen LogP contribution in [0.4, 0.5) is 0 Å². The number of hydrogen-bond donors (Lipinski definition) is 1. The van der Waals surface area contributed by atoms with Crippen molar-refractivity contribution in [1.82, 2.24) is 0 Å². The highest BCUT2D eigenvalue weighted by molar-refractivity contribution is 5.38. The first-order chi connectivity index (χ1) is 9.69. The van der Waals surface area contributed by atoms with Gasteiger partial charge in [-0.1, -0.05) is 18.2 Å². The Morgan fingerprint density at radius 3 is 2.90 bits per heavy atom. The molecule has 2 heterocycles. The fraction of sp³-hybridized carbons (Fsp3) is 0.562. The number of nitrogens with zero attached hydrogens (tertiary/aromatic N) is 1. The molecule has 106 valence electrons. The van der Waals surface area contributed by atoms with Crippen LogP contribution in [-0.4, -0.2) is 30.5 Å². The molecule has 0 radical (unpaired) electrons. The van der Waals surface area contributed by atoms with Gasteiger partial charge in [-0.25, -0.2) is 0 Å². The number of benzene rings is 1. The van der Waals surface area contributed by atoms with Gasteiger partial charge in [0.25, 0.3) is 0 Å². The van der Waals surface area contributed by atoms with Gasteiger partial charge >= 0.3 is 0 Å². The molecule has 3 rings (SSSR count). The molecule has 4 heteroatoms. The van der Waals surface area contributed by atoms with Crippen molar-refractivity contribution in [1.29, 1.82) is 5.26 Å². The van der Waals surface area contributed by atoms with Crippen molar-refractivity contribution in [2.75, 3.05) is 19.8 Å². The molecule has 2 aliphatic heterocycles. The summed E-state index contributed by atoms with van der Waals surface area (Å²) in [5.41, 5.74) is -0.917. The molecule has 0 saturated carbocycles. The zero-order chi connectivity index (χ0) is 14.1. The lowest BCUT2D eigenvalue weighted by Gasteiger charge is -2.44. The third kappa shape index (κ3) is 2.07. The number of rotatable bonds is 1. The van der Waals surface area contributed by atoms with Crippen LogP contribution in [0.15, 0.2) is 24.3 Å². The molecular weight excluding hydrogens is 254 g/mol. The van der Waals surface area contributed by atoms with E-state index in [1.54, 1.807) is 0 Å². The van der Waals surface area contributed by atoms with Gasteiger partial charge in [-0.3, -0.25) is 0 Å². The monoisotopic (exact) mass is 273 g/mol. The first-order valence-corrected chi connectivity index (χ1v) is 7.11. The van der Waals surface area contributed by atoms with Crippen LogP contribution >= 0.6 is 0 Å². The van der Waals surface area contributed by atoms with E-state index in [9.17, 15) is 10.4 Å². The summed E-state index contributed by atoms with van der Waals surface area (Å²) >= 11 is 0. The van der Waals surface area contributed by atoms with Crippen LogP contribution in [0.3, 0.4) is 0 Å². The van der Waals surface area contributed by atoms with Crippen molar-refractivity contribution >= 4 is 0 Å². The average molecular weight is 273 g/mol. The standard InChI is InChI=1S/C16H19NO3/c17-11-15(16(18)6-3-8-19-9-7-16)10-13-4-1-2-5-14(13)20-12-15/h1-2,4-5,18H,3,6-10,12H2. The van der Waals surface area contributed by atoms with E-state index in [1.807, 2.05) is 24.3 Å². The quantitative estimate of drug-likeness (QED) is 0.850. The molecule has 2 atom stereocenters. The molecule has 0 amide bonds. The van der Waals surface area contributed by atoms with Gasteiger partial charge in [-0.2, -0.15) is 5.26 Å². The predicted octanol–water partition coefficient (Wildman–Crippen LogP) is 2.06. The number of aliphatic hydroxyl groups is 1. The lowest BCUT2D eigenvalue weighted by Crippen LogP contribution is -2.54. The van der Waals surface area contributed by atoms with E-state index in [-0.39, 0.29) is 6.61 Å². The summed E-state index contributed by atoms with van der Waals surface area (Å²) in [5.74, 6) is 0.826. The Morgan fingerprint density at radius 1 is 1.20 bits per heavy atom. The Labute approximate surface area is 118 Å². The Morgan fingerprint density at radius 2 is 2.05 bits per heavy atom. The van der Waals surface area contributed by atoms with Crippen LogP contribution in [0, 0.1) is 16.7 Å². The molecule has 4 nitrogen and oxygen atoms in total. The molecule has 1 N–H and O–H groups in total. The average Bonchev–Trinajstić information content (AvgIpc) is 2.72. The lowest BCUT2D eigenvalue weighted by molar-refractivity contribution is -0.0919. The summed E-state index contributed by atoms with van der Waals surface area (Å²) in [6.45, 7) is 1.40. The topological polar surface area (TPSA) is 62.5 Å².